The van der Waals surface area contributed by atoms with Gasteiger partial charge >= 0.3 is 0 Å². The molecule has 0 radical (unpaired) electrons. The molecule has 0 bridgehead atoms. The number of benzene rings is 2. The van der Waals surface area contributed by atoms with E-state index in [1.807, 2.05) is 36.2 Å². The monoisotopic (exact) mass is 426 g/mol. The summed E-state index contributed by atoms with van der Waals surface area (Å²) in [5.41, 5.74) is 2.03. The highest BCUT2D eigenvalue weighted by atomic mass is 16.5. The summed E-state index contributed by atoms with van der Waals surface area (Å²) in [6, 6.07) is 18.2. The van der Waals surface area contributed by atoms with Gasteiger partial charge in [0, 0.05) is 17.3 Å². The highest BCUT2D eigenvalue weighted by molar-refractivity contribution is 5.91. The lowest BCUT2D eigenvalue weighted by molar-refractivity contribution is -0.933. The number of hydrogen-bond acceptors (Lipinski definition) is 3. The van der Waals surface area contributed by atoms with Gasteiger partial charge in [0.2, 0.25) is 0 Å². The summed E-state index contributed by atoms with van der Waals surface area (Å²) in [7, 11) is 3.47. The van der Waals surface area contributed by atoms with Crippen LogP contribution in [0, 0.1) is 0 Å². The maximum absolute atomic E-state index is 12.7. The van der Waals surface area contributed by atoms with E-state index in [0.29, 0.717) is 24.0 Å². The molecule has 0 spiro atoms. The minimum Gasteiger partial charge on any atom is -0.497 e. The molecule has 2 aromatic rings. The first-order valence-corrected chi connectivity index (χ1v) is 10.9. The maximum Gasteiger partial charge on any atom is 0.279 e. The Morgan fingerprint density at radius 2 is 1.81 bits per heavy atom. The van der Waals surface area contributed by atoms with E-state index >= 15 is 0 Å². The molecule has 2 amide bonds. The number of anilines is 1. The Kier molecular flexibility index (Phi) is 8.03. The Morgan fingerprint density at radius 1 is 1.10 bits per heavy atom. The number of hydrogen-bond donors (Lipinski definition) is 3. The zero-order chi connectivity index (χ0) is 22.2. The third kappa shape index (κ3) is 6.54. The normalized spacial score (nSPS) is 16.4. The summed E-state index contributed by atoms with van der Waals surface area (Å²) in [4.78, 5) is 29.4. The van der Waals surface area contributed by atoms with Crippen LogP contribution >= 0.6 is 0 Å². The largest absolute Gasteiger partial charge is 0.497 e. The van der Waals surface area contributed by atoms with Crippen LogP contribution in [-0.2, 0) is 9.59 Å². The molecule has 0 aromatic heterocycles. The molecule has 31 heavy (non-hydrogen) atoms. The second kappa shape index (κ2) is 10.9. The molecule has 2 aromatic carbocycles. The van der Waals surface area contributed by atoms with Crippen LogP contribution < -0.4 is 19.9 Å². The van der Waals surface area contributed by atoms with Gasteiger partial charge in [-0.15, -0.1) is 0 Å². The van der Waals surface area contributed by atoms with Gasteiger partial charge in [0.1, 0.15) is 11.8 Å². The second-order valence-electron chi connectivity index (χ2n) is 8.26. The fourth-order valence-electron chi connectivity index (χ4n) is 4.07. The average Bonchev–Trinajstić information content (AvgIpc) is 2.79. The molecular weight excluding hydrogens is 392 g/mol. The molecule has 3 N–H and O–H groups in total. The average molecular weight is 427 g/mol. The van der Waals surface area contributed by atoms with Gasteiger partial charge in [-0.3, -0.25) is 9.59 Å². The lowest BCUT2D eigenvalue weighted by Gasteiger charge is -2.35. The smallest absolute Gasteiger partial charge is 0.279 e. The van der Waals surface area contributed by atoms with Crippen molar-refractivity contribution in [2.75, 3.05) is 58.7 Å². The lowest BCUT2D eigenvalue weighted by Crippen LogP contribution is -3.15. The molecule has 1 heterocycles. The molecular formula is C24H34N4O3+2. The molecule has 2 atom stereocenters. The molecule has 1 unspecified atom stereocenters. The minimum atomic E-state index is -0.121. The Balaban J connectivity index is 1.42. The van der Waals surface area contributed by atoms with E-state index in [0.717, 1.165) is 31.1 Å². The molecule has 1 aliphatic heterocycles. The molecule has 166 valence electrons. The summed E-state index contributed by atoms with van der Waals surface area (Å²) in [5.74, 6) is 0.680. The molecule has 0 aliphatic carbocycles. The maximum atomic E-state index is 12.7. The van der Waals surface area contributed by atoms with Crippen molar-refractivity contribution in [1.82, 2.24) is 4.90 Å². The number of ether oxygens (including phenoxy) is 1. The predicted octanol–water partition coefficient (Wildman–Crippen LogP) is -0.363. The number of nitrogens with zero attached hydrogens (tertiary/aromatic N) is 1. The molecule has 3 rings (SSSR count). The molecule has 7 heteroatoms. The minimum absolute atomic E-state index is 0.109. The summed E-state index contributed by atoms with van der Waals surface area (Å²) in [6.45, 7) is 6.20. The first kappa shape index (κ1) is 22.8. The zero-order valence-electron chi connectivity index (χ0n) is 18.7. The zero-order valence-corrected chi connectivity index (χ0v) is 18.7. The van der Waals surface area contributed by atoms with Gasteiger partial charge in [0.25, 0.3) is 11.8 Å². The van der Waals surface area contributed by atoms with Gasteiger partial charge in [-0.05, 0) is 19.1 Å². The number of nitrogens with one attached hydrogen (secondary N) is 3. The van der Waals surface area contributed by atoms with E-state index in [1.54, 1.807) is 13.2 Å². The molecule has 1 aliphatic rings. The van der Waals surface area contributed by atoms with E-state index in [-0.39, 0.29) is 18.4 Å². The number of likely N-dealkylation sites (N-methyl/N-ethyl adjacent to an activating group) is 1. The van der Waals surface area contributed by atoms with Crippen LogP contribution in [0.4, 0.5) is 5.69 Å². The van der Waals surface area contributed by atoms with Gasteiger partial charge in [-0.1, -0.05) is 36.4 Å². The predicted molar refractivity (Wildman–Crippen MR) is 120 cm³/mol. The number of quaternary nitrogens is 2. The number of amides is 2. The Morgan fingerprint density at radius 3 is 2.48 bits per heavy atom. The highest BCUT2D eigenvalue weighted by Gasteiger charge is 2.29. The van der Waals surface area contributed by atoms with Crippen molar-refractivity contribution in [3.8, 4) is 5.75 Å². The van der Waals surface area contributed by atoms with Gasteiger partial charge in [-0.2, -0.15) is 0 Å². The van der Waals surface area contributed by atoms with Crippen LogP contribution in [0.25, 0.3) is 0 Å². The number of methoxy groups -OCH3 is 1. The van der Waals surface area contributed by atoms with Crippen LogP contribution in [0.1, 0.15) is 18.5 Å². The van der Waals surface area contributed by atoms with Crippen molar-refractivity contribution in [2.45, 2.75) is 13.0 Å². The topological polar surface area (TPSA) is 67.5 Å². The summed E-state index contributed by atoms with van der Waals surface area (Å²) in [5, 5.41) is 2.87. The van der Waals surface area contributed by atoms with Crippen molar-refractivity contribution in [3.05, 3.63) is 60.2 Å². The third-order valence-electron chi connectivity index (χ3n) is 5.94. The fraction of sp³-hybridized carbons (Fsp3) is 0.417. The van der Waals surface area contributed by atoms with Gasteiger partial charge < -0.3 is 24.8 Å². The van der Waals surface area contributed by atoms with Gasteiger partial charge in [0.15, 0.2) is 13.1 Å². The summed E-state index contributed by atoms with van der Waals surface area (Å²) < 4.78 is 5.18. The standard InChI is InChI=1S/C24H32N4O3/c1-19(20-8-5-4-6-9-20)27-12-14-28(15-13-27)24(30)18-26(2)17-23(29)25-21-10-7-11-22(16-21)31-3/h4-11,16,19H,12-15,17-18H2,1-3H3,(H,25,29)/p+2/t19-/m0/s1. The van der Waals surface area contributed by atoms with Crippen molar-refractivity contribution in [1.29, 1.82) is 0 Å². The van der Waals surface area contributed by atoms with Crippen LogP contribution in [0.5, 0.6) is 5.75 Å². The number of rotatable bonds is 8. The van der Waals surface area contributed by atoms with Crippen LogP contribution in [0.2, 0.25) is 0 Å². The third-order valence-corrected chi connectivity index (χ3v) is 5.94. The summed E-state index contributed by atoms with van der Waals surface area (Å²) >= 11 is 0. The summed E-state index contributed by atoms with van der Waals surface area (Å²) in [6.07, 6.45) is 0. The van der Waals surface area contributed by atoms with E-state index in [9.17, 15) is 9.59 Å². The van der Waals surface area contributed by atoms with Crippen molar-refractivity contribution in [2.24, 2.45) is 0 Å². The van der Waals surface area contributed by atoms with Gasteiger partial charge in [-0.25, -0.2) is 0 Å². The quantitative estimate of drug-likeness (QED) is 0.540. The molecule has 1 fully saturated rings. The fourth-order valence-corrected chi connectivity index (χ4v) is 4.07. The first-order chi connectivity index (χ1) is 15.0. The SMILES string of the molecule is COc1cccc(NC(=O)C[NH+](C)CC(=O)N2CC[NH+]([C@@H](C)c3ccccc3)CC2)c1. The van der Waals surface area contributed by atoms with Crippen LogP contribution in [0.3, 0.4) is 0 Å². The van der Waals surface area contributed by atoms with E-state index < -0.39 is 0 Å². The van der Waals surface area contributed by atoms with E-state index in [4.69, 9.17) is 4.74 Å². The van der Waals surface area contributed by atoms with Crippen molar-refractivity contribution < 1.29 is 24.1 Å². The molecule has 7 nitrogen and oxygen atoms in total. The van der Waals surface area contributed by atoms with Crippen molar-refractivity contribution >= 4 is 17.5 Å². The Hall–Kier alpha value is -2.90. The van der Waals surface area contributed by atoms with Crippen LogP contribution in [-0.4, -0.2) is 70.1 Å². The van der Waals surface area contributed by atoms with Crippen molar-refractivity contribution in [3.63, 3.8) is 0 Å². The Labute approximate surface area is 184 Å². The highest BCUT2D eigenvalue weighted by Crippen LogP contribution is 2.16. The van der Waals surface area contributed by atoms with Gasteiger partial charge in [0.05, 0.1) is 40.3 Å². The van der Waals surface area contributed by atoms with E-state index in [1.165, 1.54) is 10.5 Å². The Bertz CT molecular complexity index is 866. The first-order valence-electron chi connectivity index (χ1n) is 10.9. The number of carbonyl (C=O) groups excluding carboxylic acids is 2. The van der Waals surface area contributed by atoms with Crippen LogP contribution in [0.15, 0.2) is 54.6 Å². The number of piperazine rings is 1. The number of carbonyl (C=O) groups is 2. The lowest BCUT2D eigenvalue weighted by atomic mass is 10.1. The molecule has 1 saturated heterocycles. The van der Waals surface area contributed by atoms with E-state index in [2.05, 4.69) is 36.5 Å². The second-order valence-corrected chi connectivity index (χ2v) is 8.26. The molecule has 0 saturated carbocycles.